The van der Waals surface area contributed by atoms with Gasteiger partial charge >= 0.3 is 0 Å². The van der Waals surface area contributed by atoms with Crippen LogP contribution in [-0.4, -0.2) is 11.9 Å². The molecule has 1 aromatic rings. The third-order valence-corrected chi connectivity index (χ3v) is 4.69. The van der Waals surface area contributed by atoms with E-state index in [0.717, 1.165) is 19.3 Å². The molecule has 3 N–H and O–H groups in total. The summed E-state index contributed by atoms with van der Waals surface area (Å²) >= 11 is 0. The molecular weight excluding hydrogens is 279 g/mol. The lowest BCUT2D eigenvalue weighted by atomic mass is 9.84. The van der Waals surface area contributed by atoms with Crippen LogP contribution in [0, 0.1) is 23.6 Å². The summed E-state index contributed by atoms with van der Waals surface area (Å²) in [4.78, 5) is 12.2. The maximum atomic E-state index is 13.5. The Balaban J connectivity index is 0.00000147. The van der Waals surface area contributed by atoms with Gasteiger partial charge < -0.3 is 11.1 Å². The van der Waals surface area contributed by atoms with E-state index in [1.807, 2.05) is 0 Å². The van der Waals surface area contributed by atoms with Crippen molar-refractivity contribution in [2.75, 3.05) is 0 Å². The number of rotatable bonds is 3. The summed E-state index contributed by atoms with van der Waals surface area (Å²) in [5.41, 5.74) is 6.65. The second-order valence-electron chi connectivity index (χ2n) is 5.75. The van der Waals surface area contributed by atoms with Crippen molar-refractivity contribution in [1.82, 2.24) is 5.32 Å². The molecule has 20 heavy (non-hydrogen) atoms. The van der Waals surface area contributed by atoms with Gasteiger partial charge in [-0.3, -0.25) is 4.79 Å². The van der Waals surface area contributed by atoms with E-state index in [-0.39, 0.29) is 42.6 Å². The van der Waals surface area contributed by atoms with Crippen molar-refractivity contribution in [3.8, 4) is 0 Å². The van der Waals surface area contributed by atoms with Crippen molar-refractivity contribution in [1.29, 1.82) is 0 Å². The predicted octanol–water partition coefficient (Wildman–Crippen LogP) is 2.24. The van der Waals surface area contributed by atoms with Crippen molar-refractivity contribution in [3.05, 3.63) is 35.6 Å². The summed E-state index contributed by atoms with van der Waals surface area (Å²) in [7, 11) is 0. The minimum atomic E-state index is -0.278. The number of hydrogen-bond donors (Lipinski definition) is 2. The fourth-order valence-electron chi connectivity index (χ4n) is 3.67. The number of amides is 1. The summed E-state index contributed by atoms with van der Waals surface area (Å²) in [6.45, 7) is 0.242. The number of benzene rings is 1. The highest BCUT2D eigenvalue weighted by atomic mass is 35.5. The molecule has 3 rings (SSSR count). The third-order valence-electron chi connectivity index (χ3n) is 4.69. The van der Waals surface area contributed by atoms with Crippen molar-refractivity contribution < 1.29 is 9.18 Å². The zero-order chi connectivity index (χ0) is 13.4. The first kappa shape index (κ1) is 15.3. The lowest BCUT2D eigenvalue weighted by molar-refractivity contribution is -0.127. The largest absolute Gasteiger partial charge is 0.352 e. The minimum Gasteiger partial charge on any atom is -0.352 e. The van der Waals surface area contributed by atoms with Crippen LogP contribution in [0.1, 0.15) is 24.8 Å². The first-order valence-electron chi connectivity index (χ1n) is 6.93. The summed E-state index contributed by atoms with van der Waals surface area (Å²) in [5.74, 6) is 0.573. The van der Waals surface area contributed by atoms with E-state index >= 15 is 0 Å². The molecule has 110 valence electrons. The summed E-state index contributed by atoms with van der Waals surface area (Å²) in [5, 5.41) is 2.84. The van der Waals surface area contributed by atoms with Crippen molar-refractivity contribution in [3.63, 3.8) is 0 Å². The average Bonchev–Trinajstić information content (AvgIpc) is 2.98. The second kappa shape index (κ2) is 6.10. The highest BCUT2D eigenvalue weighted by Crippen LogP contribution is 2.47. The second-order valence-corrected chi connectivity index (χ2v) is 5.75. The average molecular weight is 299 g/mol. The molecule has 0 aliphatic heterocycles. The molecular formula is C15H20ClFN2O. The SMILES string of the molecule is Cl.NC1C2CCC(C2)C1C(=O)NCc1ccccc1F. The molecule has 4 unspecified atom stereocenters. The first-order chi connectivity index (χ1) is 9.16. The topological polar surface area (TPSA) is 55.1 Å². The Bertz CT molecular complexity index is 495. The Labute approximate surface area is 124 Å². The number of hydrogen-bond acceptors (Lipinski definition) is 2. The summed E-state index contributed by atoms with van der Waals surface area (Å²) in [6, 6.07) is 6.50. The monoisotopic (exact) mass is 298 g/mol. The molecule has 0 radical (unpaired) electrons. The predicted molar refractivity (Wildman–Crippen MR) is 77.8 cm³/mol. The van der Waals surface area contributed by atoms with Crippen molar-refractivity contribution in [2.45, 2.75) is 31.8 Å². The molecule has 1 amide bonds. The molecule has 2 fully saturated rings. The number of halogens is 2. The summed E-state index contributed by atoms with van der Waals surface area (Å²) in [6.07, 6.45) is 3.35. The molecule has 2 bridgehead atoms. The molecule has 1 aromatic carbocycles. The van der Waals surface area contributed by atoms with E-state index in [1.165, 1.54) is 6.07 Å². The highest BCUT2D eigenvalue weighted by molar-refractivity contribution is 5.85. The van der Waals surface area contributed by atoms with E-state index in [0.29, 0.717) is 17.4 Å². The first-order valence-corrected chi connectivity index (χ1v) is 6.93. The van der Waals surface area contributed by atoms with Crippen LogP contribution in [0.3, 0.4) is 0 Å². The van der Waals surface area contributed by atoms with Crippen LogP contribution in [-0.2, 0) is 11.3 Å². The van der Waals surface area contributed by atoms with Gasteiger partial charge in [-0.25, -0.2) is 4.39 Å². The standard InChI is InChI=1S/C15H19FN2O.ClH/c16-12-4-2-1-3-11(12)8-18-15(19)13-9-5-6-10(7-9)14(13)17;/h1-4,9-10,13-14H,5-8,17H2,(H,18,19);1H. The Morgan fingerprint density at radius 1 is 1.30 bits per heavy atom. The van der Waals surface area contributed by atoms with Gasteiger partial charge in [0.05, 0.1) is 5.92 Å². The molecule has 0 aromatic heterocycles. The molecule has 0 saturated heterocycles. The zero-order valence-corrected chi connectivity index (χ0v) is 12.0. The summed E-state index contributed by atoms with van der Waals surface area (Å²) < 4.78 is 13.5. The number of fused-ring (bicyclic) bond motifs is 2. The van der Waals surface area contributed by atoms with Crippen molar-refractivity contribution in [2.24, 2.45) is 23.5 Å². The maximum absolute atomic E-state index is 13.5. The maximum Gasteiger partial charge on any atom is 0.225 e. The Morgan fingerprint density at radius 2 is 2.00 bits per heavy atom. The molecule has 0 heterocycles. The lowest BCUT2D eigenvalue weighted by Crippen LogP contribution is -2.45. The van der Waals surface area contributed by atoms with Crippen LogP contribution >= 0.6 is 12.4 Å². The molecule has 0 spiro atoms. The van der Waals surface area contributed by atoms with Gasteiger partial charge in [-0.05, 0) is 37.2 Å². The van der Waals surface area contributed by atoms with Gasteiger partial charge in [0, 0.05) is 18.2 Å². The number of nitrogens with two attached hydrogens (primary N) is 1. The molecule has 2 aliphatic carbocycles. The molecule has 3 nitrogen and oxygen atoms in total. The van der Waals surface area contributed by atoms with Crippen LogP contribution in [0.5, 0.6) is 0 Å². The van der Waals surface area contributed by atoms with Crippen LogP contribution in [0.4, 0.5) is 4.39 Å². The van der Waals surface area contributed by atoms with E-state index in [4.69, 9.17) is 5.73 Å². The van der Waals surface area contributed by atoms with E-state index in [1.54, 1.807) is 18.2 Å². The van der Waals surface area contributed by atoms with Gasteiger partial charge in [-0.1, -0.05) is 18.2 Å². The van der Waals surface area contributed by atoms with Gasteiger partial charge in [-0.15, -0.1) is 12.4 Å². The zero-order valence-electron chi connectivity index (χ0n) is 11.2. The lowest BCUT2D eigenvalue weighted by Gasteiger charge is -2.27. The Hall–Kier alpha value is -1.13. The number of carbonyl (C=O) groups is 1. The Kier molecular flexibility index (Phi) is 4.66. The molecule has 5 heteroatoms. The quantitative estimate of drug-likeness (QED) is 0.899. The molecule has 2 aliphatic rings. The third kappa shape index (κ3) is 2.67. The molecule has 4 atom stereocenters. The Morgan fingerprint density at radius 3 is 2.65 bits per heavy atom. The van der Waals surface area contributed by atoms with E-state index in [2.05, 4.69) is 5.32 Å². The van der Waals surface area contributed by atoms with Gasteiger partial charge in [0.2, 0.25) is 5.91 Å². The van der Waals surface area contributed by atoms with E-state index < -0.39 is 0 Å². The van der Waals surface area contributed by atoms with Gasteiger partial charge in [0.25, 0.3) is 0 Å². The van der Waals surface area contributed by atoms with Crippen LogP contribution in [0.15, 0.2) is 24.3 Å². The highest BCUT2D eigenvalue weighted by Gasteiger charge is 2.48. The fourth-order valence-corrected chi connectivity index (χ4v) is 3.67. The van der Waals surface area contributed by atoms with E-state index in [9.17, 15) is 9.18 Å². The smallest absolute Gasteiger partial charge is 0.225 e. The molecule has 2 saturated carbocycles. The number of nitrogens with one attached hydrogen (secondary N) is 1. The van der Waals surface area contributed by atoms with Gasteiger partial charge in [0.1, 0.15) is 5.82 Å². The van der Waals surface area contributed by atoms with Crippen LogP contribution < -0.4 is 11.1 Å². The minimum absolute atomic E-state index is 0. The normalized spacial score (nSPS) is 30.9. The number of carbonyl (C=O) groups excluding carboxylic acids is 1. The van der Waals surface area contributed by atoms with Crippen LogP contribution in [0.2, 0.25) is 0 Å². The van der Waals surface area contributed by atoms with Crippen molar-refractivity contribution >= 4 is 18.3 Å². The van der Waals surface area contributed by atoms with Crippen LogP contribution in [0.25, 0.3) is 0 Å². The van der Waals surface area contributed by atoms with Gasteiger partial charge in [0.15, 0.2) is 0 Å². The van der Waals surface area contributed by atoms with Gasteiger partial charge in [-0.2, -0.15) is 0 Å². The fraction of sp³-hybridized carbons (Fsp3) is 0.533.